The van der Waals surface area contributed by atoms with Crippen LogP contribution in [0.2, 0.25) is 0 Å². The molecule has 0 bridgehead atoms. The molecule has 0 aliphatic carbocycles. The Balaban J connectivity index is 1.85. The first-order valence-electron chi connectivity index (χ1n) is 9.61. The van der Waals surface area contributed by atoms with Gasteiger partial charge in [-0.2, -0.15) is 9.42 Å². The molecule has 3 atom stereocenters. The number of carbonyl (C=O) groups excluding carboxylic acids is 3. The fourth-order valence-corrected chi connectivity index (χ4v) is 4.65. The second-order valence-electron chi connectivity index (χ2n) is 7.77. The summed E-state index contributed by atoms with van der Waals surface area (Å²) in [6.07, 6.45) is -1.14. The molecule has 31 heavy (non-hydrogen) atoms. The number of rotatable bonds is 9. The first-order chi connectivity index (χ1) is 14.5. The van der Waals surface area contributed by atoms with E-state index in [1.54, 1.807) is 26.8 Å². The maximum Gasteiger partial charge on any atom is 0.500 e. The van der Waals surface area contributed by atoms with E-state index in [0.717, 1.165) is 0 Å². The van der Waals surface area contributed by atoms with Crippen LogP contribution < -0.4 is 10.4 Å². The van der Waals surface area contributed by atoms with E-state index in [4.69, 9.17) is 18.3 Å². The van der Waals surface area contributed by atoms with Crippen LogP contribution in [0.5, 0.6) is 0 Å². The molecule has 1 fully saturated rings. The van der Waals surface area contributed by atoms with Crippen LogP contribution in [0.15, 0.2) is 10.6 Å². The largest absolute Gasteiger partial charge is 0.500 e. The van der Waals surface area contributed by atoms with Gasteiger partial charge < -0.3 is 19.3 Å². The second-order valence-corrected chi connectivity index (χ2v) is 9.54. The maximum absolute atomic E-state index is 12.7. The molecule has 0 radical (unpaired) electrons. The van der Waals surface area contributed by atoms with Crippen molar-refractivity contribution in [3.05, 3.63) is 17.5 Å². The summed E-state index contributed by atoms with van der Waals surface area (Å²) in [7, 11) is -2.48. The van der Waals surface area contributed by atoms with Crippen LogP contribution in [0.4, 0.5) is 0 Å². The average Bonchev–Trinajstić information content (AvgIpc) is 3.13. The fraction of sp³-hybridized carbons (Fsp3) is 0.667. The minimum Gasteiger partial charge on any atom is -0.468 e. The Morgan fingerprint density at radius 3 is 2.74 bits per heavy atom. The molecule has 1 aliphatic heterocycles. The van der Waals surface area contributed by atoms with Crippen LogP contribution >= 0.6 is 8.09 Å². The first kappa shape index (κ1) is 25.2. The molecule has 0 spiro atoms. The fourth-order valence-electron chi connectivity index (χ4n) is 2.68. The van der Waals surface area contributed by atoms with Crippen LogP contribution in [0.25, 0.3) is 0 Å². The molecule has 0 saturated carbocycles. The summed E-state index contributed by atoms with van der Waals surface area (Å²) in [5.41, 5.74) is -0.276. The molecule has 12 nitrogen and oxygen atoms in total. The second kappa shape index (κ2) is 10.5. The molecule has 2 rings (SSSR count). The third kappa shape index (κ3) is 7.22. The highest BCUT2D eigenvalue weighted by molar-refractivity contribution is 7.58. The quantitative estimate of drug-likeness (QED) is 0.352. The van der Waals surface area contributed by atoms with Gasteiger partial charge in [0.2, 0.25) is 0 Å². The minimum absolute atomic E-state index is 0.00910. The molecule has 1 saturated heterocycles. The van der Waals surface area contributed by atoms with Gasteiger partial charge in [-0.25, -0.2) is 0 Å². The highest BCUT2D eigenvalue weighted by Gasteiger charge is 2.58. The topological polar surface area (TPSA) is 158 Å². The highest BCUT2D eigenvalue weighted by atomic mass is 31.2. The SMILES string of the molecule is COC(=O)[C@H](C)N[P+]1(O)OCC(C)(C)[C@H](C(=O)NCCC(=O)OCc2cc(C)on2)O1. The van der Waals surface area contributed by atoms with Crippen LogP contribution in [0, 0.1) is 12.3 Å². The average molecular weight is 462 g/mol. The predicted molar refractivity (Wildman–Crippen MR) is 107 cm³/mol. The van der Waals surface area contributed by atoms with Gasteiger partial charge in [0.1, 0.15) is 30.7 Å². The molecule has 0 aromatic carbocycles. The van der Waals surface area contributed by atoms with Crippen molar-refractivity contribution in [2.75, 3.05) is 20.3 Å². The lowest BCUT2D eigenvalue weighted by atomic mass is 9.87. The maximum atomic E-state index is 12.7. The summed E-state index contributed by atoms with van der Waals surface area (Å²) in [5, 5.41) is 8.87. The Hall–Kier alpha value is -2.11. The van der Waals surface area contributed by atoms with E-state index in [1.165, 1.54) is 14.0 Å². The molecule has 2 heterocycles. The van der Waals surface area contributed by atoms with Gasteiger partial charge in [-0.05, 0) is 13.8 Å². The number of hydrogen-bond acceptors (Lipinski definition) is 11. The zero-order valence-corrected chi connectivity index (χ0v) is 19.1. The van der Waals surface area contributed by atoms with E-state index in [9.17, 15) is 19.3 Å². The van der Waals surface area contributed by atoms with Crippen molar-refractivity contribution in [1.82, 2.24) is 15.6 Å². The lowest BCUT2D eigenvalue weighted by Gasteiger charge is -2.37. The van der Waals surface area contributed by atoms with Crippen LogP contribution in [-0.2, 0) is 39.5 Å². The molecule has 1 aliphatic rings. The number of nitrogens with zero attached hydrogens (tertiary/aromatic N) is 1. The van der Waals surface area contributed by atoms with Gasteiger partial charge in [-0.3, -0.25) is 14.4 Å². The van der Waals surface area contributed by atoms with Crippen molar-refractivity contribution in [2.45, 2.75) is 52.9 Å². The van der Waals surface area contributed by atoms with E-state index in [-0.39, 0.29) is 26.2 Å². The normalized spacial score (nSPS) is 23.6. The van der Waals surface area contributed by atoms with Gasteiger partial charge in [0.15, 0.2) is 6.10 Å². The summed E-state index contributed by atoms with van der Waals surface area (Å²) in [5.74, 6) is -1.06. The number of hydrogen-bond donors (Lipinski definition) is 3. The molecule has 3 N–H and O–H groups in total. The summed E-state index contributed by atoms with van der Waals surface area (Å²) >= 11 is 0. The number of aromatic nitrogens is 1. The zero-order chi connectivity index (χ0) is 23.2. The van der Waals surface area contributed by atoms with Crippen molar-refractivity contribution in [2.24, 2.45) is 5.41 Å². The van der Waals surface area contributed by atoms with Crippen molar-refractivity contribution < 1.29 is 42.3 Å². The van der Waals surface area contributed by atoms with Gasteiger partial charge in [0, 0.05) is 18.0 Å². The van der Waals surface area contributed by atoms with E-state index in [1.807, 2.05) is 0 Å². The lowest BCUT2D eigenvalue weighted by molar-refractivity contribution is -0.145. The van der Waals surface area contributed by atoms with Crippen LogP contribution in [0.3, 0.4) is 0 Å². The van der Waals surface area contributed by atoms with Crippen molar-refractivity contribution in [1.29, 1.82) is 0 Å². The van der Waals surface area contributed by atoms with Crippen LogP contribution in [-0.4, -0.2) is 60.3 Å². The number of aryl methyl sites for hydroxylation is 1. The summed E-state index contributed by atoms with van der Waals surface area (Å²) in [6.45, 7) is 6.66. The smallest absolute Gasteiger partial charge is 0.468 e. The Morgan fingerprint density at radius 1 is 1.42 bits per heavy atom. The predicted octanol–water partition coefficient (Wildman–Crippen LogP) is 0.795. The first-order valence-corrected chi connectivity index (χ1v) is 11.2. The number of nitrogens with one attached hydrogen (secondary N) is 2. The Morgan fingerprint density at radius 2 is 2.13 bits per heavy atom. The van der Waals surface area contributed by atoms with E-state index in [0.29, 0.717) is 11.5 Å². The van der Waals surface area contributed by atoms with Crippen LogP contribution in [0.1, 0.15) is 38.6 Å². The number of esters is 2. The van der Waals surface area contributed by atoms with E-state index < -0.39 is 43.5 Å². The Labute approximate surface area is 180 Å². The molecule has 1 aromatic rings. The minimum atomic E-state index is -3.69. The molecular weight excluding hydrogens is 433 g/mol. The number of amides is 1. The Bertz CT molecular complexity index is 800. The summed E-state index contributed by atoms with van der Waals surface area (Å²) in [4.78, 5) is 46.7. The Kier molecular flexibility index (Phi) is 8.49. The molecule has 1 aromatic heterocycles. The molecule has 174 valence electrons. The molecule has 1 unspecified atom stereocenters. The van der Waals surface area contributed by atoms with Gasteiger partial charge in [0.25, 0.3) is 5.91 Å². The van der Waals surface area contributed by atoms with Gasteiger partial charge in [-0.15, -0.1) is 9.61 Å². The lowest BCUT2D eigenvalue weighted by Crippen LogP contribution is -2.52. The summed E-state index contributed by atoms with van der Waals surface area (Å²) in [6, 6.07) is 0.746. The highest BCUT2D eigenvalue weighted by Crippen LogP contribution is 2.60. The van der Waals surface area contributed by atoms with E-state index in [2.05, 4.69) is 20.3 Å². The standard InChI is InChI=1S/C18H28N3O9P/c1-11-8-13(20-29-11)9-27-14(22)6-7-19-16(23)15-18(3,4)10-28-31(25,30-15)21-12(2)17(24)26-5/h8,12,15,21,25H,6-7,9-10H2,1-5H3/p+1/t12-,15-,31?/m0/s1. The van der Waals surface area contributed by atoms with Gasteiger partial charge in [0.05, 0.1) is 13.5 Å². The number of ether oxygens (including phenoxy) is 2. The zero-order valence-electron chi connectivity index (χ0n) is 18.2. The molecule has 1 amide bonds. The molecule has 13 heteroatoms. The monoisotopic (exact) mass is 462 g/mol. The van der Waals surface area contributed by atoms with Crippen molar-refractivity contribution >= 4 is 25.9 Å². The number of carbonyl (C=O) groups is 3. The van der Waals surface area contributed by atoms with E-state index >= 15 is 0 Å². The third-order valence-electron chi connectivity index (χ3n) is 4.41. The summed E-state index contributed by atoms with van der Waals surface area (Å²) < 4.78 is 25.5. The number of methoxy groups -OCH3 is 1. The van der Waals surface area contributed by atoms with Gasteiger partial charge in [-0.1, -0.05) is 19.0 Å². The molecular formula is C18H29N3O9P+. The third-order valence-corrected chi connectivity index (χ3v) is 6.09. The van der Waals surface area contributed by atoms with Crippen molar-refractivity contribution in [3.63, 3.8) is 0 Å². The van der Waals surface area contributed by atoms with Gasteiger partial charge >= 0.3 is 20.0 Å². The van der Waals surface area contributed by atoms with Crippen molar-refractivity contribution in [3.8, 4) is 0 Å².